The first kappa shape index (κ1) is 19.5. The summed E-state index contributed by atoms with van der Waals surface area (Å²) in [6, 6.07) is 12.5. The first-order chi connectivity index (χ1) is 12.3. The minimum Gasteiger partial charge on any atom is -0.480 e. The molecule has 2 aromatic rings. The summed E-state index contributed by atoms with van der Waals surface area (Å²) in [4.78, 5) is 23.4. The van der Waals surface area contributed by atoms with E-state index in [0.29, 0.717) is 6.42 Å². The maximum Gasteiger partial charge on any atom is 0.416 e. The quantitative estimate of drug-likeness (QED) is 0.790. The van der Waals surface area contributed by atoms with Crippen LogP contribution in [0.25, 0.3) is 0 Å². The zero-order chi connectivity index (χ0) is 19.2. The normalized spacial score (nSPS) is 12.4. The van der Waals surface area contributed by atoms with Crippen LogP contribution < -0.4 is 5.32 Å². The van der Waals surface area contributed by atoms with E-state index >= 15 is 0 Å². The maximum atomic E-state index is 12.7. The fraction of sp³-hybridized carbons (Fsp3) is 0.263. The fourth-order valence-corrected chi connectivity index (χ4v) is 2.50. The molecule has 138 valence electrons. The Morgan fingerprint density at radius 1 is 1.00 bits per heavy atom. The van der Waals surface area contributed by atoms with Crippen molar-refractivity contribution in [2.45, 2.75) is 31.5 Å². The Bertz CT molecular complexity index is 760. The molecular weight excluding hydrogens is 347 g/mol. The van der Waals surface area contributed by atoms with Crippen LogP contribution in [-0.2, 0) is 28.6 Å². The molecular formula is C19H18F3NO3. The van der Waals surface area contributed by atoms with Gasteiger partial charge in [0.25, 0.3) is 0 Å². The lowest BCUT2D eigenvalue weighted by Crippen LogP contribution is -2.41. The predicted octanol–water partition coefficient (Wildman–Crippen LogP) is 3.45. The summed E-state index contributed by atoms with van der Waals surface area (Å²) in [5.74, 6) is -1.82. The third-order valence-electron chi connectivity index (χ3n) is 3.82. The number of benzene rings is 2. The van der Waals surface area contributed by atoms with Gasteiger partial charge in [-0.15, -0.1) is 0 Å². The van der Waals surface area contributed by atoms with Crippen LogP contribution in [0.5, 0.6) is 0 Å². The lowest BCUT2D eigenvalue weighted by Gasteiger charge is -2.15. The molecule has 0 aliphatic heterocycles. The van der Waals surface area contributed by atoms with E-state index in [4.69, 9.17) is 0 Å². The molecule has 7 heteroatoms. The van der Waals surface area contributed by atoms with E-state index in [1.807, 2.05) is 30.3 Å². The van der Waals surface area contributed by atoms with Gasteiger partial charge in [-0.2, -0.15) is 13.2 Å². The van der Waals surface area contributed by atoms with Crippen molar-refractivity contribution in [1.82, 2.24) is 5.32 Å². The van der Waals surface area contributed by atoms with Crippen LogP contribution in [0.4, 0.5) is 13.2 Å². The van der Waals surface area contributed by atoms with E-state index in [1.165, 1.54) is 12.1 Å². The summed E-state index contributed by atoms with van der Waals surface area (Å²) < 4.78 is 38.1. The second kappa shape index (κ2) is 8.51. The lowest BCUT2D eigenvalue weighted by molar-refractivity contribution is -0.141. The number of carboxylic acid groups (broad SMARTS) is 1. The second-order valence-electron chi connectivity index (χ2n) is 5.86. The van der Waals surface area contributed by atoms with Crippen molar-refractivity contribution in [3.63, 3.8) is 0 Å². The topological polar surface area (TPSA) is 66.4 Å². The largest absolute Gasteiger partial charge is 0.480 e. The smallest absolute Gasteiger partial charge is 0.416 e. The molecule has 0 saturated carbocycles. The molecule has 0 aliphatic carbocycles. The SMILES string of the molecule is O=C(Cc1cccc(C(F)(F)F)c1)N[C@@H](CCc1ccccc1)C(=O)O. The molecule has 0 fully saturated rings. The molecule has 1 atom stereocenters. The van der Waals surface area contributed by atoms with Crippen LogP contribution >= 0.6 is 0 Å². The molecule has 26 heavy (non-hydrogen) atoms. The molecule has 0 aliphatic rings. The van der Waals surface area contributed by atoms with E-state index < -0.39 is 29.7 Å². The molecule has 2 aromatic carbocycles. The van der Waals surface area contributed by atoms with Gasteiger partial charge in [-0.1, -0.05) is 48.5 Å². The van der Waals surface area contributed by atoms with Crippen molar-refractivity contribution in [2.24, 2.45) is 0 Å². The molecule has 0 spiro atoms. The average molecular weight is 365 g/mol. The minimum absolute atomic E-state index is 0.171. The highest BCUT2D eigenvalue weighted by atomic mass is 19.4. The first-order valence-corrected chi connectivity index (χ1v) is 7.98. The van der Waals surface area contributed by atoms with Crippen molar-refractivity contribution < 1.29 is 27.9 Å². The number of carboxylic acids is 1. The molecule has 0 saturated heterocycles. The maximum absolute atomic E-state index is 12.7. The van der Waals surface area contributed by atoms with Gasteiger partial charge < -0.3 is 10.4 Å². The molecule has 0 unspecified atom stereocenters. The molecule has 0 aromatic heterocycles. The number of amides is 1. The number of carbonyl (C=O) groups is 2. The molecule has 0 bridgehead atoms. The summed E-state index contributed by atoms with van der Waals surface area (Å²) in [7, 11) is 0. The summed E-state index contributed by atoms with van der Waals surface area (Å²) in [6.45, 7) is 0. The van der Waals surface area contributed by atoms with Gasteiger partial charge in [0, 0.05) is 0 Å². The highest BCUT2D eigenvalue weighted by Crippen LogP contribution is 2.29. The third-order valence-corrected chi connectivity index (χ3v) is 3.82. The Kier molecular flexibility index (Phi) is 6.38. The van der Waals surface area contributed by atoms with Crippen LogP contribution in [-0.4, -0.2) is 23.0 Å². The number of aryl methyl sites for hydroxylation is 1. The minimum atomic E-state index is -4.49. The second-order valence-corrected chi connectivity index (χ2v) is 5.86. The standard InChI is InChI=1S/C19H18F3NO3/c20-19(21,22)15-8-4-7-14(11-15)12-17(24)23-16(18(25)26)10-9-13-5-2-1-3-6-13/h1-8,11,16H,9-10,12H2,(H,23,24)(H,25,26)/t16-/m0/s1. The zero-order valence-corrected chi connectivity index (χ0v) is 13.8. The highest BCUT2D eigenvalue weighted by molar-refractivity contribution is 5.84. The fourth-order valence-electron chi connectivity index (χ4n) is 2.50. The van der Waals surface area contributed by atoms with E-state index in [-0.39, 0.29) is 18.4 Å². The van der Waals surface area contributed by atoms with E-state index in [2.05, 4.69) is 5.32 Å². The summed E-state index contributed by atoms with van der Waals surface area (Å²) in [6.07, 6.45) is -4.17. The van der Waals surface area contributed by atoms with E-state index in [1.54, 1.807) is 0 Å². The Hall–Kier alpha value is -2.83. The number of halogens is 3. The number of hydrogen-bond donors (Lipinski definition) is 2. The average Bonchev–Trinajstić information content (AvgIpc) is 2.58. The molecule has 1 amide bonds. The van der Waals surface area contributed by atoms with Crippen LogP contribution in [0.3, 0.4) is 0 Å². The Balaban J connectivity index is 1.96. The van der Waals surface area contributed by atoms with Crippen LogP contribution in [0.2, 0.25) is 0 Å². The first-order valence-electron chi connectivity index (χ1n) is 7.98. The van der Waals surface area contributed by atoms with E-state index in [0.717, 1.165) is 17.7 Å². The number of alkyl halides is 3. The van der Waals surface area contributed by atoms with Gasteiger partial charge >= 0.3 is 12.1 Å². The van der Waals surface area contributed by atoms with Gasteiger partial charge in [0.05, 0.1) is 12.0 Å². The van der Waals surface area contributed by atoms with Crippen molar-refractivity contribution in [1.29, 1.82) is 0 Å². The summed E-state index contributed by atoms with van der Waals surface area (Å²) in [5.41, 5.74) is 0.261. The molecule has 0 radical (unpaired) electrons. The number of nitrogens with one attached hydrogen (secondary N) is 1. The molecule has 4 nitrogen and oxygen atoms in total. The molecule has 0 heterocycles. The number of hydrogen-bond acceptors (Lipinski definition) is 2. The Morgan fingerprint density at radius 2 is 1.65 bits per heavy atom. The molecule has 2 rings (SSSR count). The van der Waals surface area contributed by atoms with Gasteiger partial charge in [-0.3, -0.25) is 4.79 Å². The summed E-state index contributed by atoms with van der Waals surface area (Å²) in [5, 5.41) is 11.6. The van der Waals surface area contributed by atoms with Gasteiger partial charge in [-0.05, 0) is 30.0 Å². The van der Waals surface area contributed by atoms with Crippen molar-refractivity contribution >= 4 is 11.9 Å². The third kappa shape index (κ3) is 5.91. The van der Waals surface area contributed by atoms with Crippen LogP contribution in [0.15, 0.2) is 54.6 Å². The van der Waals surface area contributed by atoms with Gasteiger partial charge in [0.15, 0.2) is 0 Å². The van der Waals surface area contributed by atoms with Crippen molar-refractivity contribution in [3.05, 3.63) is 71.3 Å². The number of rotatable bonds is 7. The predicted molar refractivity (Wildman–Crippen MR) is 89.5 cm³/mol. The van der Waals surface area contributed by atoms with Gasteiger partial charge in [0.1, 0.15) is 6.04 Å². The van der Waals surface area contributed by atoms with Crippen molar-refractivity contribution in [2.75, 3.05) is 0 Å². The number of carbonyl (C=O) groups excluding carboxylic acids is 1. The monoisotopic (exact) mass is 365 g/mol. The van der Waals surface area contributed by atoms with Gasteiger partial charge in [-0.25, -0.2) is 4.79 Å². The molecule has 2 N–H and O–H groups in total. The highest BCUT2D eigenvalue weighted by Gasteiger charge is 2.30. The van der Waals surface area contributed by atoms with Crippen molar-refractivity contribution in [3.8, 4) is 0 Å². The Morgan fingerprint density at radius 3 is 2.27 bits per heavy atom. The van der Waals surface area contributed by atoms with Gasteiger partial charge in [0.2, 0.25) is 5.91 Å². The van der Waals surface area contributed by atoms with E-state index in [9.17, 15) is 27.9 Å². The van der Waals surface area contributed by atoms with Crippen LogP contribution in [0, 0.1) is 0 Å². The Labute approximate surface area is 148 Å². The summed E-state index contributed by atoms with van der Waals surface area (Å²) >= 11 is 0. The number of aliphatic carboxylic acids is 1. The van der Waals surface area contributed by atoms with Crippen LogP contribution in [0.1, 0.15) is 23.1 Å². The lowest BCUT2D eigenvalue weighted by atomic mass is 10.0. The zero-order valence-electron chi connectivity index (χ0n) is 13.8.